The van der Waals surface area contributed by atoms with E-state index in [1.165, 1.54) is 32.3 Å². The van der Waals surface area contributed by atoms with E-state index in [9.17, 15) is 0 Å². The lowest BCUT2D eigenvalue weighted by Gasteiger charge is -2.14. The second-order valence-electron chi connectivity index (χ2n) is 8.96. The van der Waals surface area contributed by atoms with Crippen LogP contribution in [0.25, 0.3) is 76.5 Å². The Morgan fingerprint density at radius 2 is 1.20 bits per heavy atom. The SMILES string of the molecule is [2H]c1c([2H])c([2H])c(-c2ccc3c(c2)oc2cccc(-c4ccc5ccc6cccc7ccc4c5c67)c23)c([2H])c1[2H]. The summed E-state index contributed by atoms with van der Waals surface area (Å²) in [6, 6.07) is 29.5. The van der Waals surface area contributed by atoms with Crippen LogP contribution in [-0.2, 0) is 0 Å². The predicted octanol–water partition coefficient (Wildman–Crippen LogP) is 9.82. The molecule has 0 unspecified atom stereocenters. The fourth-order valence-corrected chi connectivity index (χ4v) is 5.57. The number of furan rings is 1. The maximum Gasteiger partial charge on any atom is 0.136 e. The minimum absolute atomic E-state index is 0.167. The van der Waals surface area contributed by atoms with E-state index >= 15 is 0 Å². The van der Waals surface area contributed by atoms with Crippen molar-refractivity contribution in [3.05, 3.63) is 121 Å². The molecule has 35 heavy (non-hydrogen) atoms. The molecule has 0 spiro atoms. The maximum atomic E-state index is 8.40. The third-order valence-corrected chi connectivity index (χ3v) is 7.10. The molecule has 0 saturated heterocycles. The van der Waals surface area contributed by atoms with Crippen molar-refractivity contribution in [2.75, 3.05) is 0 Å². The van der Waals surface area contributed by atoms with Crippen molar-refractivity contribution in [3.8, 4) is 22.3 Å². The van der Waals surface area contributed by atoms with Crippen molar-refractivity contribution in [1.29, 1.82) is 0 Å². The van der Waals surface area contributed by atoms with Crippen LogP contribution in [0, 0.1) is 0 Å². The minimum atomic E-state index is -0.401. The van der Waals surface area contributed by atoms with Crippen molar-refractivity contribution < 1.29 is 11.3 Å². The van der Waals surface area contributed by atoms with E-state index in [2.05, 4.69) is 60.7 Å². The maximum absolute atomic E-state index is 8.40. The molecular formula is C34H20O. The Labute approximate surface area is 209 Å². The molecule has 8 aromatic rings. The highest BCUT2D eigenvalue weighted by Gasteiger charge is 2.17. The highest BCUT2D eigenvalue weighted by atomic mass is 16.3. The quantitative estimate of drug-likeness (QED) is 0.239. The van der Waals surface area contributed by atoms with Crippen molar-refractivity contribution in [2.24, 2.45) is 0 Å². The average Bonchev–Trinajstić information content (AvgIpc) is 3.36. The molecule has 1 nitrogen and oxygen atoms in total. The Bertz CT molecular complexity index is 2290. The molecule has 0 amide bonds. The zero-order valence-electron chi connectivity index (χ0n) is 23.6. The summed E-state index contributed by atoms with van der Waals surface area (Å²) in [5.41, 5.74) is 4.20. The molecule has 1 heterocycles. The fourth-order valence-electron chi connectivity index (χ4n) is 5.57. The smallest absolute Gasteiger partial charge is 0.136 e. The van der Waals surface area contributed by atoms with E-state index < -0.39 is 6.04 Å². The lowest BCUT2D eigenvalue weighted by molar-refractivity contribution is 0.669. The van der Waals surface area contributed by atoms with Gasteiger partial charge in [0.2, 0.25) is 0 Å². The van der Waals surface area contributed by atoms with Gasteiger partial charge in [-0.25, -0.2) is 0 Å². The van der Waals surface area contributed by atoms with Crippen LogP contribution in [0.5, 0.6) is 0 Å². The summed E-state index contributed by atoms with van der Waals surface area (Å²) in [4.78, 5) is 0. The monoisotopic (exact) mass is 449 g/mol. The highest BCUT2D eigenvalue weighted by Crippen LogP contribution is 2.43. The normalized spacial score (nSPS) is 14.0. The van der Waals surface area contributed by atoms with Crippen LogP contribution in [0.3, 0.4) is 0 Å². The molecule has 0 radical (unpaired) electrons. The lowest BCUT2D eigenvalue weighted by atomic mass is 9.88. The summed E-state index contributed by atoms with van der Waals surface area (Å²) in [5, 5.41) is 9.25. The van der Waals surface area contributed by atoms with Crippen molar-refractivity contribution in [1.82, 2.24) is 0 Å². The molecule has 0 aliphatic carbocycles. The van der Waals surface area contributed by atoms with Gasteiger partial charge in [-0.1, -0.05) is 103 Å². The number of benzene rings is 7. The van der Waals surface area contributed by atoms with Gasteiger partial charge in [-0.3, -0.25) is 0 Å². The van der Waals surface area contributed by atoms with Crippen molar-refractivity contribution in [2.45, 2.75) is 0 Å². The second-order valence-corrected chi connectivity index (χ2v) is 8.96. The zero-order chi connectivity index (χ0) is 27.3. The van der Waals surface area contributed by atoms with E-state index in [4.69, 9.17) is 11.3 Å². The van der Waals surface area contributed by atoms with Gasteiger partial charge >= 0.3 is 0 Å². The minimum Gasteiger partial charge on any atom is -0.456 e. The van der Waals surface area contributed by atoms with Crippen LogP contribution in [0.1, 0.15) is 6.85 Å². The fraction of sp³-hybridized carbons (Fsp3) is 0. The second kappa shape index (κ2) is 6.94. The molecule has 0 bridgehead atoms. The van der Waals surface area contributed by atoms with Crippen LogP contribution < -0.4 is 0 Å². The molecule has 0 aliphatic rings. The van der Waals surface area contributed by atoms with Crippen LogP contribution in [0.4, 0.5) is 0 Å². The third-order valence-electron chi connectivity index (χ3n) is 7.10. The topological polar surface area (TPSA) is 13.1 Å². The number of fused-ring (bicyclic) bond motifs is 3. The molecule has 0 saturated carbocycles. The summed E-state index contributed by atoms with van der Waals surface area (Å²) in [5.74, 6) is 0. The van der Waals surface area contributed by atoms with Crippen LogP contribution in [0.2, 0.25) is 0 Å². The van der Waals surface area contributed by atoms with E-state index in [1.807, 2.05) is 24.3 Å². The van der Waals surface area contributed by atoms with Gasteiger partial charge in [0.15, 0.2) is 0 Å². The first-order valence-corrected chi connectivity index (χ1v) is 11.6. The van der Waals surface area contributed by atoms with Gasteiger partial charge in [0, 0.05) is 10.8 Å². The van der Waals surface area contributed by atoms with Gasteiger partial charge in [0.1, 0.15) is 11.2 Å². The average molecular weight is 450 g/mol. The van der Waals surface area contributed by atoms with Gasteiger partial charge in [0.05, 0.1) is 6.85 Å². The molecule has 1 aromatic heterocycles. The molecule has 8 rings (SSSR count). The molecule has 0 N–H and O–H groups in total. The first-order valence-electron chi connectivity index (χ1n) is 14.1. The molecule has 7 aromatic carbocycles. The molecule has 0 aliphatic heterocycles. The summed E-state index contributed by atoms with van der Waals surface area (Å²) < 4.78 is 47.2. The first kappa shape index (κ1) is 14.6. The molecule has 0 fully saturated rings. The van der Waals surface area contributed by atoms with Crippen LogP contribution >= 0.6 is 0 Å². The molecule has 1 heteroatoms. The summed E-state index contributed by atoms with van der Waals surface area (Å²) in [6.45, 7) is 0. The van der Waals surface area contributed by atoms with E-state index in [1.54, 1.807) is 6.07 Å². The number of hydrogen-bond donors (Lipinski definition) is 0. The standard InChI is InChI=1S/C34H20O/c1-2-6-21(7-3-1)25-16-19-29-31(20-25)35-30-11-5-10-27(34(29)30)26-17-14-24-13-12-22-8-4-9-23-15-18-28(26)33(24)32(22)23/h1-20H/i1D,2D,3D,6D,7D. The van der Waals surface area contributed by atoms with E-state index in [0.29, 0.717) is 11.1 Å². The Morgan fingerprint density at radius 1 is 0.486 bits per heavy atom. The Hall–Kier alpha value is -4.62. The highest BCUT2D eigenvalue weighted by molar-refractivity contribution is 6.27. The summed E-state index contributed by atoms with van der Waals surface area (Å²) in [6.07, 6.45) is 0. The summed E-state index contributed by atoms with van der Waals surface area (Å²) in [7, 11) is 0. The zero-order valence-corrected chi connectivity index (χ0v) is 18.6. The van der Waals surface area contributed by atoms with Gasteiger partial charge in [0.25, 0.3) is 0 Å². The lowest BCUT2D eigenvalue weighted by Crippen LogP contribution is -1.87. The first-order chi connectivity index (χ1) is 19.4. The Morgan fingerprint density at radius 3 is 2.06 bits per heavy atom. The van der Waals surface area contributed by atoms with Gasteiger partial charge in [-0.05, 0) is 72.8 Å². The molecule has 0 atom stereocenters. The van der Waals surface area contributed by atoms with Crippen LogP contribution in [-0.4, -0.2) is 0 Å². The van der Waals surface area contributed by atoms with Crippen molar-refractivity contribution in [3.63, 3.8) is 0 Å². The summed E-state index contributed by atoms with van der Waals surface area (Å²) >= 11 is 0. The Balaban J connectivity index is 1.40. The van der Waals surface area contributed by atoms with Gasteiger partial charge in [-0.2, -0.15) is 0 Å². The van der Waals surface area contributed by atoms with Gasteiger partial charge < -0.3 is 4.42 Å². The van der Waals surface area contributed by atoms with E-state index in [0.717, 1.165) is 27.5 Å². The van der Waals surface area contributed by atoms with Crippen molar-refractivity contribution >= 4 is 54.3 Å². The molecular weight excluding hydrogens is 424 g/mol. The van der Waals surface area contributed by atoms with Gasteiger partial charge in [-0.15, -0.1) is 0 Å². The Kier molecular flexibility index (Phi) is 2.90. The number of hydrogen-bond acceptors (Lipinski definition) is 1. The van der Waals surface area contributed by atoms with E-state index in [-0.39, 0.29) is 29.7 Å². The third kappa shape index (κ3) is 2.64. The molecule has 162 valence electrons. The predicted molar refractivity (Wildman–Crippen MR) is 148 cm³/mol. The van der Waals surface area contributed by atoms with Crippen LogP contribution in [0.15, 0.2) is 126 Å². The number of rotatable bonds is 2. The largest absolute Gasteiger partial charge is 0.456 e.